The van der Waals surface area contributed by atoms with Gasteiger partial charge < -0.3 is 9.64 Å². The van der Waals surface area contributed by atoms with Crippen LogP contribution in [0.5, 0.6) is 5.75 Å². The molecular formula is C17H18ClNO. The third-order valence-corrected chi connectivity index (χ3v) is 3.23. The molecule has 0 saturated carbocycles. The highest BCUT2D eigenvalue weighted by molar-refractivity contribution is 6.30. The van der Waals surface area contributed by atoms with Crippen molar-refractivity contribution in [1.82, 2.24) is 4.90 Å². The summed E-state index contributed by atoms with van der Waals surface area (Å²) in [6, 6.07) is 15.8. The number of nitrogens with zero attached hydrogens (tertiary/aromatic N) is 1. The van der Waals surface area contributed by atoms with Crippen molar-refractivity contribution >= 4 is 11.6 Å². The van der Waals surface area contributed by atoms with Crippen molar-refractivity contribution in [1.29, 1.82) is 0 Å². The number of benzene rings is 2. The maximum absolute atomic E-state index is 6.06. The van der Waals surface area contributed by atoms with Crippen LogP contribution < -0.4 is 4.74 Å². The Kier molecular flexibility index (Phi) is 5.08. The lowest BCUT2D eigenvalue weighted by atomic mass is 10.2. The van der Waals surface area contributed by atoms with Gasteiger partial charge in [0, 0.05) is 24.2 Å². The maximum atomic E-state index is 6.06. The van der Waals surface area contributed by atoms with Gasteiger partial charge in [-0.3, -0.25) is 0 Å². The summed E-state index contributed by atoms with van der Waals surface area (Å²) in [5.41, 5.74) is 2.20. The first-order chi connectivity index (χ1) is 9.69. The van der Waals surface area contributed by atoms with Crippen molar-refractivity contribution in [2.45, 2.75) is 13.2 Å². The molecule has 0 heterocycles. The number of halogens is 1. The van der Waals surface area contributed by atoms with E-state index in [9.17, 15) is 0 Å². The van der Waals surface area contributed by atoms with E-state index in [2.05, 4.69) is 6.58 Å². The molecule has 2 aromatic rings. The van der Waals surface area contributed by atoms with E-state index in [1.54, 1.807) is 6.20 Å². The minimum Gasteiger partial charge on any atom is -0.489 e. The maximum Gasteiger partial charge on any atom is 0.124 e. The number of rotatable bonds is 6. The minimum absolute atomic E-state index is 0.549. The van der Waals surface area contributed by atoms with Gasteiger partial charge in [-0.2, -0.15) is 0 Å². The Morgan fingerprint density at radius 2 is 1.95 bits per heavy atom. The van der Waals surface area contributed by atoms with Gasteiger partial charge in [0.1, 0.15) is 12.4 Å². The first-order valence-electron chi connectivity index (χ1n) is 6.47. The molecule has 0 saturated heterocycles. The van der Waals surface area contributed by atoms with E-state index in [-0.39, 0.29) is 0 Å². The van der Waals surface area contributed by atoms with Crippen molar-refractivity contribution in [2.24, 2.45) is 0 Å². The Bertz CT molecular complexity index is 568. The van der Waals surface area contributed by atoms with E-state index < -0.39 is 0 Å². The molecule has 0 radical (unpaired) electrons. The van der Waals surface area contributed by atoms with E-state index >= 15 is 0 Å². The summed E-state index contributed by atoms with van der Waals surface area (Å²) in [6.07, 6.45) is 1.78. The molecule has 0 aliphatic carbocycles. The smallest absolute Gasteiger partial charge is 0.124 e. The third-order valence-electron chi connectivity index (χ3n) is 2.99. The number of ether oxygens (including phenoxy) is 1. The lowest BCUT2D eigenvalue weighted by molar-refractivity contribution is 0.298. The topological polar surface area (TPSA) is 12.5 Å². The lowest BCUT2D eigenvalue weighted by Gasteiger charge is -2.17. The highest BCUT2D eigenvalue weighted by atomic mass is 35.5. The summed E-state index contributed by atoms with van der Waals surface area (Å²) in [5, 5.41) is 0.713. The molecule has 0 aliphatic rings. The van der Waals surface area contributed by atoms with Gasteiger partial charge in [0.2, 0.25) is 0 Å². The van der Waals surface area contributed by atoms with Crippen LogP contribution in [0, 0.1) is 0 Å². The molecule has 0 aromatic heterocycles. The minimum atomic E-state index is 0.549. The molecular weight excluding hydrogens is 270 g/mol. The summed E-state index contributed by atoms with van der Waals surface area (Å²) in [7, 11) is 1.97. The summed E-state index contributed by atoms with van der Waals surface area (Å²) >= 11 is 6.06. The van der Waals surface area contributed by atoms with Crippen molar-refractivity contribution in [2.75, 3.05) is 7.05 Å². The van der Waals surface area contributed by atoms with Crippen LogP contribution in [0.15, 0.2) is 61.3 Å². The van der Waals surface area contributed by atoms with Gasteiger partial charge in [-0.15, -0.1) is 0 Å². The van der Waals surface area contributed by atoms with E-state index in [1.807, 2.05) is 60.5 Å². The Morgan fingerprint density at radius 1 is 1.20 bits per heavy atom. The Labute approximate surface area is 125 Å². The molecule has 0 atom stereocenters. The molecule has 3 heteroatoms. The van der Waals surface area contributed by atoms with Crippen molar-refractivity contribution in [3.63, 3.8) is 0 Å². The molecule has 2 aromatic carbocycles. The fourth-order valence-corrected chi connectivity index (χ4v) is 2.08. The molecule has 0 fully saturated rings. The van der Waals surface area contributed by atoms with Gasteiger partial charge in [-0.05, 0) is 30.0 Å². The number of hydrogen-bond acceptors (Lipinski definition) is 2. The number of hydrogen-bond donors (Lipinski definition) is 0. The molecule has 20 heavy (non-hydrogen) atoms. The van der Waals surface area contributed by atoms with Gasteiger partial charge >= 0.3 is 0 Å². The molecule has 2 nitrogen and oxygen atoms in total. The standard InChI is InChI=1S/C17H18ClNO/c1-3-19(2)12-15-11-16(18)9-10-17(15)20-13-14-7-5-4-6-8-14/h3-11H,1,12-13H2,2H3. The van der Waals surface area contributed by atoms with E-state index in [0.29, 0.717) is 18.2 Å². The first-order valence-corrected chi connectivity index (χ1v) is 6.85. The molecule has 0 aliphatic heterocycles. The largest absolute Gasteiger partial charge is 0.489 e. The first kappa shape index (κ1) is 14.5. The van der Waals surface area contributed by atoms with Gasteiger partial charge in [0.15, 0.2) is 0 Å². The summed E-state index contributed by atoms with van der Waals surface area (Å²) < 4.78 is 5.90. The molecule has 104 valence electrons. The van der Waals surface area contributed by atoms with Crippen LogP contribution in [0.1, 0.15) is 11.1 Å². The normalized spacial score (nSPS) is 10.1. The average molecular weight is 288 g/mol. The van der Waals surface area contributed by atoms with Gasteiger partial charge in [0.25, 0.3) is 0 Å². The molecule has 0 bridgehead atoms. The zero-order valence-corrected chi connectivity index (χ0v) is 12.3. The second kappa shape index (κ2) is 7.01. The van der Waals surface area contributed by atoms with Crippen molar-refractivity contribution in [3.8, 4) is 5.75 Å². The Balaban J connectivity index is 2.12. The fraction of sp³-hybridized carbons (Fsp3) is 0.176. The van der Waals surface area contributed by atoms with Gasteiger partial charge in [-0.1, -0.05) is 48.5 Å². The van der Waals surface area contributed by atoms with Crippen LogP contribution in [-0.4, -0.2) is 11.9 Å². The zero-order valence-electron chi connectivity index (χ0n) is 11.6. The highest BCUT2D eigenvalue weighted by Crippen LogP contribution is 2.25. The molecule has 0 spiro atoms. The predicted octanol–water partition coefficient (Wildman–Crippen LogP) is 4.49. The van der Waals surface area contributed by atoms with Crippen LogP contribution in [-0.2, 0) is 13.2 Å². The van der Waals surface area contributed by atoms with E-state index in [4.69, 9.17) is 16.3 Å². The monoisotopic (exact) mass is 287 g/mol. The zero-order chi connectivity index (χ0) is 14.4. The quantitative estimate of drug-likeness (QED) is 0.776. The molecule has 0 N–H and O–H groups in total. The fourth-order valence-electron chi connectivity index (χ4n) is 1.88. The van der Waals surface area contributed by atoms with Crippen molar-refractivity contribution < 1.29 is 4.74 Å². The van der Waals surface area contributed by atoms with E-state index in [0.717, 1.165) is 16.9 Å². The molecule has 0 amide bonds. The summed E-state index contributed by atoms with van der Waals surface area (Å²) in [5.74, 6) is 0.854. The third kappa shape index (κ3) is 4.04. The second-order valence-electron chi connectivity index (χ2n) is 4.62. The Morgan fingerprint density at radius 3 is 2.65 bits per heavy atom. The second-order valence-corrected chi connectivity index (χ2v) is 5.06. The SMILES string of the molecule is C=CN(C)Cc1cc(Cl)ccc1OCc1ccccc1. The van der Waals surface area contributed by atoms with Crippen LogP contribution in [0.2, 0.25) is 5.02 Å². The van der Waals surface area contributed by atoms with Crippen LogP contribution >= 0.6 is 11.6 Å². The van der Waals surface area contributed by atoms with Crippen LogP contribution in [0.3, 0.4) is 0 Å². The van der Waals surface area contributed by atoms with Gasteiger partial charge in [0.05, 0.1) is 0 Å². The van der Waals surface area contributed by atoms with Gasteiger partial charge in [-0.25, -0.2) is 0 Å². The molecule has 0 unspecified atom stereocenters. The van der Waals surface area contributed by atoms with E-state index in [1.165, 1.54) is 0 Å². The summed E-state index contributed by atoms with van der Waals surface area (Å²) in [4.78, 5) is 1.99. The highest BCUT2D eigenvalue weighted by Gasteiger charge is 2.06. The predicted molar refractivity (Wildman–Crippen MR) is 83.9 cm³/mol. The molecule has 2 rings (SSSR count). The lowest BCUT2D eigenvalue weighted by Crippen LogP contribution is -2.10. The van der Waals surface area contributed by atoms with Crippen molar-refractivity contribution in [3.05, 3.63) is 77.5 Å². The van der Waals surface area contributed by atoms with Crippen LogP contribution in [0.4, 0.5) is 0 Å². The average Bonchev–Trinajstić information content (AvgIpc) is 2.47. The van der Waals surface area contributed by atoms with Crippen LogP contribution in [0.25, 0.3) is 0 Å². The summed E-state index contributed by atoms with van der Waals surface area (Å²) in [6.45, 7) is 5.02. The Hall–Kier alpha value is -1.93.